The average molecular weight is 420 g/mol. The molecule has 6 nitrogen and oxygen atoms in total. The van der Waals surface area contributed by atoms with Gasteiger partial charge in [-0.2, -0.15) is 0 Å². The lowest BCUT2D eigenvalue weighted by molar-refractivity contribution is 0.0957. The zero-order chi connectivity index (χ0) is 20.9. The molecule has 1 fully saturated rings. The number of likely N-dealkylation sites (tertiary alicyclic amines) is 1. The van der Waals surface area contributed by atoms with Gasteiger partial charge in [-0.3, -0.25) is 4.90 Å². The molecule has 1 aromatic heterocycles. The number of benzene rings is 1. The minimum Gasteiger partial charge on any atom is -0.384 e. The smallest absolute Gasteiger partial charge is 0.228 e. The van der Waals surface area contributed by atoms with E-state index in [9.17, 15) is 8.42 Å². The Balaban J connectivity index is 1.78. The van der Waals surface area contributed by atoms with Crippen molar-refractivity contribution in [3.63, 3.8) is 0 Å². The normalized spacial score (nSPS) is 16.6. The maximum atomic E-state index is 12.9. The first kappa shape index (κ1) is 22.0. The quantitative estimate of drug-likeness (QED) is 0.625. The molecule has 0 spiro atoms. The summed E-state index contributed by atoms with van der Waals surface area (Å²) in [5.74, 6) is 0.621. The van der Waals surface area contributed by atoms with E-state index in [1.54, 1.807) is 27.2 Å². The van der Waals surface area contributed by atoms with Crippen molar-refractivity contribution >= 4 is 9.84 Å². The standard InChI is InChI=1S/C22H33N3O3S/c1-18(2)29(26,27)22-23-15-21(16-24-12-9-20(10-13-24)17-28-3)25(22)14-11-19-7-5-4-6-8-19/h4-8,15,18,20H,9-14,16-17H2,1-3H3. The fourth-order valence-electron chi connectivity index (χ4n) is 3.86. The minimum atomic E-state index is -3.43. The summed E-state index contributed by atoms with van der Waals surface area (Å²) in [5, 5.41) is -0.286. The van der Waals surface area contributed by atoms with Crippen LogP contribution in [0.25, 0.3) is 0 Å². The molecular weight excluding hydrogens is 386 g/mol. The molecule has 0 N–H and O–H groups in total. The lowest BCUT2D eigenvalue weighted by Crippen LogP contribution is -2.35. The van der Waals surface area contributed by atoms with E-state index in [0.29, 0.717) is 12.5 Å². The van der Waals surface area contributed by atoms with Crippen LogP contribution >= 0.6 is 0 Å². The van der Waals surface area contributed by atoms with Gasteiger partial charge >= 0.3 is 0 Å². The zero-order valence-electron chi connectivity index (χ0n) is 17.8. The van der Waals surface area contributed by atoms with Gasteiger partial charge in [-0.15, -0.1) is 0 Å². The molecule has 29 heavy (non-hydrogen) atoms. The molecular formula is C22H33N3O3S. The van der Waals surface area contributed by atoms with E-state index < -0.39 is 15.1 Å². The van der Waals surface area contributed by atoms with Gasteiger partial charge in [-0.25, -0.2) is 13.4 Å². The third kappa shape index (κ3) is 5.47. The number of aryl methyl sites for hydroxylation is 1. The van der Waals surface area contributed by atoms with Gasteiger partial charge in [0.2, 0.25) is 15.0 Å². The van der Waals surface area contributed by atoms with Crippen LogP contribution in [0.15, 0.2) is 41.7 Å². The summed E-state index contributed by atoms with van der Waals surface area (Å²) >= 11 is 0. The molecule has 3 rings (SSSR count). The first-order valence-corrected chi connectivity index (χ1v) is 12.0. The van der Waals surface area contributed by atoms with Gasteiger partial charge < -0.3 is 9.30 Å². The molecule has 1 aromatic carbocycles. The number of rotatable bonds is 9. The van der Waals surface area contributed by atoms with Crippen LogP contribution < -0.4 is 0 Å². The molecule has 0 bridgehead atoms. The van der Waals surface area contributed by atoms with E-state index in [0.717, 1.165) is 51.2 Å². The van der Waals surface area contributed by atoms with Gasteiger partial charge in [0.1, 0.15) is 0 Å². The Hall–Kier alpha value is -1.70. The monoisotopic (exact) mass is 419 g/mol. The summed E-state index contributed by atoms with van der Waals surface area (Å²) < 4.78 is 33.0. The molecule has 2 aromatic rings. The third-order valence-corrected chi connectivity index (χ3v) is 7.81. The van der Waals surface area contributed by atoms with Crippen molar-refractivity contribution in [1.29, 1.82) is 0 Å². The summed E-state index contributed by atoms with van der Waals surface area (Å²) in [4.78, 5) is 6.76. The van der Waals surface area contributed by atoms with Crippen LogP contribution in [0.4, 0.5) is 0 Å². The van der Waals surface area contributed by atoms with Gasteiger partial charge in [0.05, 0.1) is 17.1 Å². The van der Waals surface area contributed by atoms with E-state index in [-0.39, 0.29) is 5.16 Å². The van der Waals surface area contributed by atoms with Crippen LogP contribution in [0, 0.1) is 5.92 Å². The van der Waals surface area contributed by atoms with E-state index in [2.05, 4.69) is 22.0 Å². The third-order valence-electron chi connectivity index (χ3n) is 5.74. The van der Waals surface area contributed by atoms with Crippen LogP contribution in [-0.4, -0.2) is 54.9 Å². The Labute approximate surface area is 174 Å². The maximum absolute atomic E-state index is 12.9. The lowest BCUT2D eigenvalue weighted by atomic mass is 9.98. The van der Waals surface area contributed by atoms with Crippen molar-refractivity contribution in [3.8, 4) is 0 Å². The van der Waals surface area contributed by atoms with Gasteiger partial charge in [0.25, 0.3) is 0 Å². The second-order valence-electron chi connectivity index (χ2n) is 8.19. The number of hydrogen-bond acceptors (Lipinski definition) is 5. The number of aromatic nitrogens is 2. The highest BCUT2D eigenvalue weighted by Gasteiger charge is 2.28. The number of ether oxygens (including phenoxy) is 1. The molecule has 1 saturated heterocycles. The average Bonchev–Trinajstić information content (AvgIpc) is 3.12. The molecule has 7 heteroatoms. The van der Waals surface area contributed by atoms with E-state index >= 15 is 0 Å². The molecule has 0 radical (unpaired) electrons. The number of sulfone groups is 1. The van der Waals surface area contributed by atoms with Crippen LogP contribution in [0.3, 0.4) is 0 Å². The summed E-state index contributed by atoms with van der Waals surface area (Å²) in [6.07, 6.45) is 4.76. The van der Waals surface area contributed by atoms with Crippen molar-refractivity contribution < 1.29 is 13.2 Å². The van der Waals surface area contributed by atoms with Crippen LogP contribution in [-0.2, 0) is 34.1 Å². The lowest BCUT2D eigenvalue weighted by Gasteiger charge is -2.31. The van der Waals surface area contributed by atoms with Crippen molar-refractivity contribution in [3.05, 3.63) is 47.8 Å². The molecule has 0 unspecified atom stereocenters. The molecule has 0 aliphatic carbocycles. The topological polar surface area (TPSA) is 64.4 Å². The molecule has 160 valence electrons. The summed E-state index contributed by atoms with van der Waals surface area (Å²) in [6.45, 7) is 7.60. The van der Waals surface area contributed by atoms with Gasteiger partial charge in [0, 0.05) is 26.8 Å². The molecule has 1 aliphatic heterocycles. The number of nitrogens with zero attached hydrogens (tertiary/aromatic N) is 3. The van der Waals surface area contributed by atoms with Crippen LogP contribution in [0.5, 0.6) is 0 Å². The molecule has 0 amide bonds. The van der Waals surface area contributed by atoms with Crippen LogP contribution in [0.2, 0.25) is 0 Å². The summed E-state index contributed by atoms with van der Waals surface area (Å²) in [7, 11) is -1.67. The zero-order valence-corrected chi connectivity index (χ0v) is 18.6. The van der Waals surface area contributed by atoms with Crippen LogP contribution in [0.1, 0.15) is 37.9 Å². The molecule has 0 saturated carbocycles. The Morgan fingerprint density at radius 3 is 2.48 bits per heavy atom. The Kier molecular flexibility index (Phi) is 7.49. The number of methoxy groups -OCH3 is 1. The highest BCUT2D eigenvalue weighted by Crippen LogP contribution is 2.22. The second kappa shape index (κ2) is 9.87. The molecule has 0 atom stereocenters. The van der Waals surface area contributed by atoms with Crippen molar-refractivity contribution in [2.45, 2.75) is 56.6 Å². The fraction of sp³-hybridized carbons (Fsp3) is 0.591. The molecule has 1 aliphatic rings. The Morgan fingerprint density at radius 1 is 1.17 bits per heavy atom. The van der Waals surface area contributed by atoms with E-state index in [1.807, 2.05) is 22.8 Å². The maximum Gasteiger partial charge on any atom is 0.228 e. The summed E-state index contributed by atoms with van der Waals surface area (Å²) in [6, 6.07) is 10.2. The Bertz CT molecular complexity index is 870. The fourth-order valence-corrected chi connectivity index (χ4v) is 4.99. The van der Waals surface area contributed by atoms with Crippen molar-refractivity contribution in [1.82, 2.24) is 14.5 Å². The van der Waals surface area contributed by atoms with Crippen molar-refractivity contribution in [2.75, 3.05) is 26.8 Å². The van der Waals surface area contributed by atoms with Gasteiger partial charge in [-0.1, -0.05) is 30.3 Å². The predicted octanol–water partition coefficient (Wildman–Crippen LogP) is 3.17. The first-order valence-electron chi connectivity index (χ1n) is 10.4. The van der Waals surface area contributed by atoms with E-state index in [1.165, 1.54) is 5.56 Å². The summed E-state index contributed by atoms with van der Waals surface area (Å²) in [5.41, 5.74) is 2.17. The number of piperidine rings is 1. The van der Waals surface area contributed by atoms with Gasteiger partial charge in [0.15, 0.2) is 0 Å². The SMILES string of the molecule is COCC1CCN(Cc2cnc(S(=O)(=O)C(C)C)n2CCc2ccccc2)CC1. The molecule has 2 heterocycles. The Morgan fingerprint density at radius 2 is 1.86 bits per heavy atom. The first-order chi connectivity index (χ1) is 13.9. The minimum absolute atomic E-state index is 0.202. The highest BCUT2D eigenvalue weighted by atomic mass is 32.2. The predicted molar refractivity (Wildman–Crippen MR) is 115 cm³/mol. The second-order valence-corrected chi connectivity index (χ2v) is 10.6. The van der Waals surface area contributed by atoms with E-state index in [4.69, 9.17) is 4.74 Å². The van der Waals surface area contributed by atoms with Crippen molar-refractivity contribution in [2.24, 2.45) is 5.92 Å². The number of imidazole rings is 1. The largest absolute Gasteiger partial charge is 0.384 e. The highest BCUT2D eigenvalue weighted by molar-refractivity contribution is 7.91. The number of hydrogen-bond donors (Lipinski definition) is 0. The van der Waals surface area contributed by atoms with Gasteiger partial charge in [-0.05, 0) is 57.7 Å².